The van der Waals surface area contributed by atoms with Crippen LogP contribution in [0.1, 0.15) is 82.3 Å². The van der Waals surface area contributed by atoms with Crippen LogP contribution in [0.25, 0.3) is 0 Å². The lowest BCUT2D eigenvalue weighted by Gasteiger charge is -2.20. The van der Waals surface area contributed by atoms with Crippen molar-refractivity contribution in [3.8, 4) is 23.0 Å². The standard InChI is InChI=1S/C38H44O6/c1-5-13-43-23-25-15-31-19-27-9-7-11-29(37(27)41-3)21-33-17-26(24-44-14-6-2)18-34(36(33)40)22-30-12-8-10-28(38(30)42-4)20-32(16-25)35(31)39/h7-12,15-18,39-40H,5-6,13-14,19-24H2,1-4H3. The lowest BCUT2D eigenvalue weighted by atomic mass is 9.90. The van der Waals surface area contributed by atoms with Crippen molar-refractivity contribution >= 4 is 0 Å². The second-order valence-electron chi connectivity index (χ2n) is 11.6. The molecule has 8 bridgehead atoms. The topological polar surface area (TPSA) is 77.4 Å². The van der Waals surface area contributed by atoms with E-state index in [2.05, 4.69) is 13.8 Å². The van der Waals surface area contributed by atoms with Crippen LogP contribution in [0.4, 0.5) is 0 Å². The van der Waals surface area contributed by atoms with Gasteiger partial charge in [0.1, 0.15) is 23.0 Å². The zero-order valence-electron chi connectivity index (χ0n) is 26.4. The number of phenols is 2. The monoisotopic (exact) mass is 596 g/mol. The van der Waals surface area contributed by atoms with Gasteiger partial charge >= 0.3 is 0 Å². The van der Waals surface area contributed by atoms with Gasteiger partial charge in [0.05, 0.1) is 27.4 Å². The van der Waals surface area contributed by atoms with E-state index in [0.717, 1.165) is 80.0 Å². The van der Waals surface area contributed by atoms with Crippen LogP contribution in [0.15, 0.2) is 60.7 Å². The number of phenolic OH excluding ortho intramolecular Hbond substituents is 2. The smallest absolute Gasteiger partial charge is 0.125 e. The molecule has 0 saturated heterocycles. The minimum Gasteiger partial charge on any atom is -0.507 e. The quantitative estimate of drug-likeness (QED) is 0.161. The van der Waals surface area contributed by atoms with Gasteiger partial charge in [0.15, 0.2) is 0 Å². The molecule has 0 unspecified atom stereocenters. The molecule has 4 aromatic rings. The fraction of sp³-hybridized carbons (Fsp3) is 0.368. The molecule has 0 saturated carbocycles. The number of benzene rings is 4. The van der Waals surface area contributed by atoms with Crippen molar-refractivity contribution in [3.05, 3.63) is 116 Å². The summed E-state index contributed by atoms with van der Waals surface area (Å²) in [5.41, 5.74) is 9.16. The molecule has 6 heteroatoms. The number of para-hydroxylation sites is 2. The van der Waals surface area contributed by atoms with Gasteiger partial charge in [-0.2, -0.15) is 0 Å². The fourth-order valence-electron chi connectivity index (χ4n) is 6.22. The number of methoxy groups -OCH3 is 2. The van der Waals surface area contributed by atoms with Crippen LogP contribution in [0, 0.1) is 0 Å². The first-order valence-corrected chi connectivity index (χ1v) is 15.6. The molecule has 0 amide bonds. The summed E-state index contributed by atoms with van der Waals surface area (Å²) in [7, 11) is 3.36. The van der Waals surface area contributed by atoms with Gasteiger partial charge in [-0.25, -0.2) is 0 Å². The lowest BCUT2D eigenvalue weighted by Crippen LogP contribution is -2.06. The summed E-state index contributed by atoms with van der Waals surface area (Å²) < 4.78 is 23.8. The van der Waals surface area contributed by atoms with Crippen molar-refractivity contribution in [1.29, 1.82) is 0 Å². The van der Waals surface area contributed by atoms with Crippen LogP contribution in [-0.4, -0.2) is 37.6 Å². The molecule has 6 nitrogen and oxygen atoms in total. The number of hydrogen-bond acceptors (Lipinski definition) is 6. The largest absolute Gasteiger partial charge is 0.507 e. The Balaban J connectivity index is 1.70. The SMILES string of the molecule is CCCOCc1cc2c(O)c(c1)Cc1cccc(c1OC)Cc1cc(COCCC)cc(c1O)Cc1cccc(c1OC)C2. The Morgan fingerprint density at radius 2 is 0.841 bits per heavy atom. The first kappa shape index (κ1) is 31.4. The Morgan fingerprint density at radius 1 is 0.523 bits per heavy atom. The number of fused-ring (bicyclic) bond motifs is 8. The van der Waals surface area contributed by atoms with Crippen LogP contribution in [0.2, 0.25) is 0 Å². The van der Waals surface area contributed by atoms with Crippen LogP contribution < -0.4 is 9.47 Å². The highest BCUT2D eigenvalue weighted by Gasteiger charge is 2.21. The Labute approximate surface area is 261 Å². The molecular formula is C38H44O6. The van der Waals surface area contributed by atoms with Crippen LogP contribution in [-0.2, 0) is 48.4 Å². The van der Waals surface area contributed by atoms with Gasteiger partial charge in [-0.15, -0.1) is 0 Å². The molecule has 0 fully saturated rings. The molecule has 0 radical (unpaired) electrons. The van der Waals surface area contributed by atoms with Crippen molar-refractivity contribution in [2.75, 3.05) is 27.4 Å². The third kappa shape index (κ3) is 7.03. The summed E-state index contributed by atoms with van der Waals surface area (Å²) in [5, 5.41) is 23.3. The molecule has 2 N–H and O–H groups in total. The summed E-state index contributed by atoms with van der Waals surface area (Å²) in [6, 6.07) is 20.3. The molecule has 0 atom stereocenters. The highest BCUT2D eigenvalue weighted by atomic mass is 16.5. The van der Waals surface area contributed by atoms with Crippen LogP contribution >= 0.6 is 0 Å². The molecule has 0 aliphatic heterocycles. The Kier molecular flexibility index (Phi) is 10.5. The van der Waals surface area contributed by atoms with Crippen molar-refractivity contribution in [2.24, 2.45) is 0 Å². The van der Waals surface area contributed by atoms with Gasteiger partial charge in [0, 0.05) is 38.9 Å². The predicted octanol–water partition coefficient (Wildman–Crippen LogP) is 7.64. The zero-order chi connectivity index (χ0) is 31.1. The third-order valence-electron chi connectivity index (χ3n) is 8.18. The Hall–Kier alpha value is -4.00. The summed E-state index contributed by atoms with van der Waals surface area (Å²) in [5.74, 6) is 2.06. The highest BCUT2D eigenvalue weighted by molar-refractivity contribution is 5.56. The molecule has 4 aromatic carbocycles. The molecule has 0 aromatic heterocycles. The van der Waals surface area contributed by atoms with Crippen LogP contribution in [0.5, 0.6) is 23.0 Å². The van der Waals surface area contributed by atoms with E-state index in [1.54, 1.807) is 14.2 Å². The number of hydrogen-bond donors (Lipinski definition) is 2. The van der Waals surface area contributed by atoms with E-state index < -0.39 is 0 Å². The van der Waals surface area contributed by atoms with E-state index in [0.29, 0.717) is 52.1 Å². The van der Waals surface area contributed by atoms with E-state index in [4.69, 9.17) is 18.9 Å². The average Bonchev–Trinajstić information content (AvgIpc) is 3.01. The van der Waals surface area contributed by atoms with Gasteiger partial charge in [-0.1, -0.05) is 50.2 Å². The minimum absolute atomic E-state index is 0.274. The summed E-state index contributed by atoms with van der Waals surface area (Å²) in [6.45, 7) is 6.49. The van der Waals surface area contributed by atoms with Gasteiger partial charge in [0.25, 0.3) is 0 Å². The number of rotatable bonds is 10. The zero-order valence-corrected chi connectivity index (χ0v) is 26.4. The summed E-state index contributed by atoms with van der Waals surface area (Å²) in [6.07, 6.45) is 3.81. The maximum atomic E-state index is 11.6. The molecule has 1 aliphatic carbocycles. The molecule has 0 heterocycles. The van der Waals surface area contributed by atoms with Crippen molar-refractivity contribution in [3.63, 3.8) is 0 Å². The van der Waals surface area contributed by atoms with Crippen LogP contribution in [0.3, 0.4) is 0 Å². The average molecular weight is 597 g/mol. The second-order valence-corrected chi connectivity index (χ2v) is 11.6. The summed E-state index contributed by atoms with van der Waals surface area (Å²) in [4.78, 5) is 0. The van der Waals surface area contributed by atoms with Gasteiger partial charge in [-0.05, 0) is 92.7 Å². The maximum Gasteiger partial charge on any atom is 0.125 e. The first-order chi connectivity index (χ1) is 21.4. The number of ether oxygens (including phenoxy) is 4. The van der Waals surface area contributed by atoms with E-state index in [-0.39, 0.29) is 11.5 Å². The van der Waals surface area contributed by atoms with E-state index >= 15 is 0 Å². The molecular weight excluding hydrogens is 552 g/mol. The first-order valence-electron chi connectivity index (χ1n) is 15.6. The lowest BCUT2D eigenvalue weighted by molar-refractivity contribution is 0.121. The van der Waals surface area contributed by atoms with Gasteiger partial charge in [0.2, 0.25) is 0 Å². The molecule has 5 rings (SSSR count). The fourth-order valence-corrected chi connectivity index (χ4v) is 6.22. The Bertz CT molecular complexity index is 1380. The van der Waals surface area contributed by atoms with Gasteiger partial charge < -0.3 is 29.2 Å². The maximum absolute atomic E-state index is 11.6. The molecule has 0 spiro atoms. The molecule has 44 heavy (non-hydrogen) atoms. The Morgan fingerprint density at radius 3 is 1.11 bits per heavy atom. The van der Waals surface area contributed by atoms with Crippen molar-refractivity contribution < 1.29 is 29.2 Å². The molecule has 232 valence electrons. The van der Waals surface area contributed by atoms with E-state index in [1.165, 1.54) is 0 Å². The normalized spacial score (nSPS) is 12.6. The highest BCUT2D eigenvalue weighted by Crippen LogP contribution is 2.39. The minimum atomic E-state index is 0.274. The van der Waals surface area contributed by atoms with E-state index in [9.17, 15) is 10.2 Å². The van der Waals surface area contributed by atoms with Gasteiger partial charge in [-0.3, -0.25) is 0 Å². The van der Waals surface area contributed by atoms with Crippen molar-refractivity contribution in [1.82, 2.24) is 0 Å². The summed E-state index contributed by atoms with van der Waals surface area (Å²) >= 11 is 0. The molecule has 1 aliphatic rings. The van der Waals surface area contributed by atoms with E-state index in [1.807, 2.05) is 60.7 Å². The third-order valence-corrected chi connectivity index (χ3v) is 8.18. The van der Waals surface area contributed by atoms with Crippen molar-refractivity contribution in [2.45, 2.75) is 65.6 Å². The predicted molar refractivity (Wildman–Crippen MR) is 173 cm³/mol. The number of aromatic hydroxyl groups is 2. The second kappa shape index (κ2) is 14.7.